The predicted octanol–water partition coefficient (Wildman–Crippen LogP) is 2.71. The summed E-state index contributed by atoms with van der Waals surface area (Å²) in [6.07, 6.45) is 3.96. The van der Waals surface area contributed by atoms with Crippen LogP contribution in [0.4, 0.5) is 0 Å². The van der Waals surface area contributed by atoms with Crippen LogP contribution in [0.15, 0.2) is 24.3 Å². The Labute approximate surface area is 152 Å². The van der Waals surface area contributed by atoms with E-state index in [1.807, 2.05) is 0 Å². The van der Waals surface area contributed by atoms with Crippen molar-refractivity contribution in [3.63, 3.8) is 0 Å². The van der Waals surface area contributed by atoms with E-state index in [9.17, 15) is 14.7 Å². The van der Waals surface area contributed by atoms with E-state index >= 15 is 0 Å². The van der Waals surface area contributed by atoms with E-state index in [4.69, 9.17) is 15.2 Å². The lowest BCUT2D eigenvalue weighted by molar-refractivity contribution is -0.162. The van der Waals surface area contributed by atoms with E-state index in [0.717, 1.165) is 25.7 Å². The molecule has 0 aliphatic rings. The fourth-order valence-corrected chi connectivity index (χ4v) is 2.79. The van der Waals surface area contributed by atoms with Gasteiger partial charge in [0.1, 0.15) is 5.54 Å². The highest BCUT2D eigenvalue weighted by Crippen LogP contribution is 2.35. The molecule has 1 atom stereocenters. The second kappa shape index (κ2) is 8.71. The van der Waals surface area contributed by atoms with Gasteiger partial charge in [-0.2, -0.15) is 0 Å². The Balaban J connectivity index is 1.95. The third-order valence-electron chi connectivity index (χ3n) is 4.21. The van der Waals surface area contributed by atoms with Gasteiger partial charge in [0.15, 0.2) is 12.5 Å². The molecular weight excluding hydrogens is 336 g/mol. The molecule has 0 bridgehead atoms. The molecule has 1 unspecified atom stereocenters. The van der Waals surface area contributed by atoms with Crippen LogP contribution in [-0.4, -0.2) is 35.2 Å². The van der Waals surface area contributed by atoms with E-state index in [0.29, 0.717) is 17.5 Å². The molecule has 7 heteroatoms. The maximum atomic E-state index is 12.4. The minimum Gasteiger partial charge on any atom is -0.494 e. The quantitative estimate of drug-likeness (QED) is 0.467. The summed E-state index contributed by atoms with van der Waals surface area (Å²) < 4.78 is 10.0. The number of hydrogen-bond acceptors (Lipinski definition) is 6. The fourth-order valence-electron chi connectivity index (χ4n) is 2.79. The van der Waals surface area contributed by atoms with Crippen LogP contribution < -0.4 is 5.73 Å². The van der Waals surface area contributed by atoms with Crippen molar-refractivity contribution < 1.29 is 24.2 Å². The lowest BCUT2D eigenvalue weighted by Crippen LogP contribution is -2.43. The number of hydrogen-bond donors (Lipinski definition) is 3. The van der Waals surface area contributed by atoms with Crippen LogP contribution in [0.5, 0.6) is 5.88 Å². The molecular formula is C19H26N2O5. The van der Waals surface area contributed by atoms with Gasteiger partial charge in [-0.3, -0.25) is 0 Å². The number of carbonyl (C=O) groups is 2. The van der Waals surface area contributed by atoms with Gasteiger partial charge in [0, 0.05) is 10.9 Å². The molecule has 0 saturated carbocycles. The molecule has 0 aliphatic carbocycles. The molecule has 26 heavy (non-hydrogen) atoms. The third-order valence-corrected chi connectivity index (χ3v) is 4.21. The number of benzene rings is 1. The van der Waals surface area contributed by atoms with Crippen LogP contribution >= 0.6 is 0 Å². The molecule has 1 heterocycles. The molecule has 1 aromatic carbocycles. The van der Waals surface area contributed by atoms with Crippen molar-refractivity contribution in [2.45, 2.75) is 45.1 Å². The average molecular weight is 362 g/mol. The highest BCUT2D eigenvalue weighted by atomic mass is 16.6. The monoisotopic (exact) mass is 362 g/mol. The Bertz CT molecular complexity index is 766. The molecule has 2 aromatic rings. The summed E-state index contributed by atoms with van der Waals surface area (Å²) in [4.78, 5) is 26.8. The molecule has 0 aliphatic heterocycles. The van der Waals surface area contributed by atoms with Crippen LogP contribution in [0.2, 0.25) is 0 Å². The number of unbranched alkanes of at least 4 members (excludes halogenated alkanes) is 3. The number of aromatic hydroxyl groups is 1. The number of nitrogens with two attached hydrogens (primary N) is 1. The van der Waals surface area contributed by atoms with Gasteiger partial charge < -0.3 is 25.3 Å². The summed E-state index contributed by atoms with van der Waals surface area (Å²) in [5.41, 5.74) is 5.38. The van der Waals surface area contributed by atoms with Gasteiger partial charge in [-0.05, 0) is 19.4 Å². The zero-order chi connectivity index (χ0) is 19.2. The van der Waals surface area contributed by atoms with Crippen molar-refractivity contribution in [3.8, 4) is 5.88 Å². The summed E-state index contributed by atoms with van der Waals surface area (Å²) in [5, 5.41) is 10.8. The Morgan fingerprint density at radius 1 is 1.19 bits per heavy atom. The number of aromatic nitrogens is 1. The minimum absolute atomic E-state index is 0.202. The number of esters is 2. The fraction of sp³-hybridized carbons (Fsp3) is 0.474. The van der Waals surface area contributed by atoms with Gasteiger partial charge in [0.05, 0.1) is 12.2 Å². The van der Waals surface area contributed by atoms with Gasteiger partial charge in [0.2, 0.25) is 0 Å². The zero-order valence-electron chi connectivity index (χ0n) is 15.2. The Morgan fingerprint density at radius 3 is 2.65 bits per heavy atom. The maximum absolute atomic E-state index is 12.4. The number of aromatic amines is 1. The number of nitrogens with one attached hydrogen (secondary N) is 1. The van der Waals surface area contributed by atoms with Crippen molar-refractivity contribution in [1.29, 1.82) is 0 Å². The second-order valence-electron chi connectivity index (χ2n) is 6.45. The number of H-pyrrole nitrogens is 1. The van der Waals surface area contributed by atoms with Gasteiger partial charge in [0.25, 0.3) is 0 Å². The lowest BCUT2D eigenvalue weighted by Gasteiger charge is -2.22. The molecule has 0 amide bonds. The summed E-state index contributed by atoms with van der Waals surface area (Å²) in [7, 11) is 0. The Kier molecular flexibility index (Phi) is 6.63. The standard InChI is InChI=1S/C19H26N2O5/c1-3-4-5-8-11-25-15(22)12-26-18(24)19(2,20)16-13-9-6-7-10-14(13)21-17(16)23/h6-7,9-10,21,23H,3-5,8,11-12,20H2,1-2H3. The summed E-state index contributed by atoms with van der Waals surface area (Å²) in [6.45, 7) is 3.32. The van der Waals surface area contributed by atoms with Crippen molar-refractivity contribution in [2.24, 2.45) is 5.73 Å². The number of fused-ring (bicyclic) bond motifs is 1. The molecule has 1 aromatic heterocycles. The van der Waals surface area contributed by atoms with Gasteiger partial charge in [-0.25, -0.2) is 9.59 Å². The van der Waals surface area contributed by atoms with Crippen molar-refractivity contribution in [3.05, 3.63) is 29.8 Å². The first kappa shape index (κ1) is 19.8. The summed E-state index contributed by atoms with van der Waals surface area (Å²) in [5.74, 6) is -1.64. The van der Waals surface area contributed by atoms with Gasteiger partial charge in [-0.15, -0.1) is 0 Å². The van der Waals surface area contributed by atoms with E-state index in [1.54, 1.807) is 24.3 Å². The molecule has 2 rings (SSSR count). The minimum atomic E-state index is -1.62. The molecule has 7 nitrogen and oxygen atoms in total. The molecule has 0 saturated heterocycles. The first-order valence-electron chi connectivity index (χ1n) is 8.79. The van der Waals surface area contributed by atoms with Crippen molar-refractivity contribution >= 4 is 22.8 Å². The summed E-state index contributed by atoms with van der Waals surface area (Å²) in [6, 6.07) is 7.07. The van der Waals surface area contributed by atoms with Crippen LogP contribution in [0, 0.1) is 0 Å². The largest absolute Gasteiger partial charge is 0.494 e. The molecule has 0 fully saturated rings. The van der Waals surface area contributed by atoms with E-state index < -0.39 is 24.1 Å². The van der Waals surface area contributed by atoms with Crippen LogP contribution in [0.25, 0.3) is 10.9 Å². The highest BCUT2D eigenvalue weighted by Gasteiger charge is 2.38. The Hall–Kier alpha value is -2.54. The topological polar surface area (TPSA) is 115 Å². The number of carbonyl (C=O) groups excluding carboxylic acids is 2. The number of rotatable bonds is 9. The average Bonchev–Trinajstić information content (AvgIpc) is 2.95. The normalized spacial score (nSPS) is 13.3. The first-order valence-corrected chi connectivity index (χ1v) is 8.79. The zero-order valence-corrected chi connectivity index (χ0v) is 15.2. The molecule has 4 N–H and O–H groups in total. The van der Waals surface area contributed by atoms with Crippen LogP contribution in [-0.2, 0) is 24.6 Å². The lowest BCUT2D eigenvalue weighted by atomic mass is 9.92. The van der Waals surface area contributed by atoms with E-state index in [2.05, 4.69) is 11.9 Å². The maximum Gasteiger partial charge on any atom is 0.344 e. The number of para-hydroxylation sites is 1. The SMILES string of the molecule is CCCCCCOC(=O)COC(=O)C(C)(N)c1c(O)[nH]c2ccccc12. The van der Waals surface area contributed by atoms with Gasteiger partial charge >= 0.3 is 11.9 Å². The third kappa shape index (κ3) is 4.54. The van der Waals surface area contributed by atoms with E-state index in [1.165, 1.54) is 6.92 Å². The first-order chi connectivity index (χ1) is 12.4. The smallest absolute Gasteiger partial charge is 0.344 e. The van der Waals surface area contributed by atoms with Crippen molar-refractivity contribution in [1.82, 2.24) is 4.98 Å². The summed E-state index contributed by atoms with van der Waals surface area (Å²) >= 11 is 0. The Morgan fingerprint density at radius 2 is 1.92 bits per heavy atom. The van der Waals surface area contributed by atoms with Crippen LogP contribution in [0.3, 0.4) is 0 Å². The molecule has 0 radical (unpaired) electrons. The van der Waals surface area contributed by atoms with Gasteiger partial charge in [-0.1, -0.05) is 44.4 Å². The van der Waals surface area contributed by atoms with E-state index in [-0.39, 0.29) is 11.4 Å². The highest BCUT2D eigenvalue weighted by molar-refractivity contribution is 5.94. The number of ether oxygens (including phenoxy) is 2. The van der Waals surface area contributed by atoms with Crippen LogP contribution in [0.1, 0.15) is 45.1 Å². The predicted molar refractivity (Wildman–Crippen MR) is 97.6 cm³/mol. The van der Waals surface area contributed by atoms with Crippen molar-refractivity contribution in [2.75, 3.05) is 13.2 Å². The molecule has 142 valence electrons. The molecule has 0 spiro atoms. The second-order valence-corrected chi connectivity index (χ2v) is 6.45.